The van der Waals surface area contributed by atoms with Gasteiger partial charge in [-0.15, -0.1) is 0 Å². The number of hydrogen-bond acceptors (Lipinski definition) is 3. The number of thiocarbonyl (C=S) groups is 1. The first-order valence-corrected chi connectivity index (χ1v) is 2.38. The zero-order chi connectivity index (χ0) is 5.86. The van der Waals surface area contributed by atoms with E-state index >= 15 is 0 Å². The van der Waals surface area contributed by atoms with E-state index in [1.807, 2.05) is 0 Å². The molecule has 0 aliphatic heterocycles. The molecular weight excluding hydrogens is 112 g/mol. The van der Waals surface area contributed by atoms with Crippen molar-refractivity contribution >= 4 is 17.1 Å². The van der Waals surface area contributed by atoms with Crippen molar-refractivity contribution in [2.24, 2.45) is 0 Å². The van der Waals surface area contributed by atoms with Crippen LogP contribution in [0.2, 0.25) is 0 Å². The Kier molecular flexibility index (Phi) is 3.07. The molecule has 0 spiro atoms. The summed E-state index contributed by atoms with van der Waals surface area (Å²) < 4.78 is 0. The maximum absolute atomic E-state index is 8.54. The SMILES string of the molecule is CC(=S)[C@H](O)CO. The van der Waals surface area contributed by atoms with Gasteiger partial charge in [-0.2, -0.15) is 0 Å². The second kappa shape index (κ2) is 3.07. The van der Waals surface area contributed by atoms with Gasteiger partial charge in [0.2, 0.25) is 0 Å². The Morgan fingerprint density at radius 1 is 1.86 bits per heavy atom. The fourth-order valence-electron chi connectivity index (χ4n) is 0.129. The molecule has 0 saturated carbocycles. The third kappa shape index (κ3) is 2.68. The predicted octanol–water partition coefficient (Wildman–Crippen LogP) is -0.271. The molecule has 0 bridgehead atoms. The minimum Gasteiger partial charge on any atom is -0.393 e. The Hall–Kier alpha value is 0.0100. The van der Waals surface area contributed by atoms with Gasteiger partial charge >= 0.3 is 0 Å². The number of aliphatic hydroxyl groups excluding tert-OH is 2. The number of hydrogen-bond donors (Lipinski definition) is 2. The van der Waals surface area contributed by atoms with Gasteiger partial charge in [0.05, 0.1) is 6.61 Å². The summed E-state index contributed by atoms with van der Waals surface area (Å²) in [6.07, 6.45) is -0.810. The van der Waals surface area contributed by atoms with Gasteiger partial charge in [-0.1, -0.05) is 12.2 Å². The highest BCUT2D eigenvalue weighted by Crippen LogP contribution is 1.83. The van der Waals surface area contributed by atoms with E-state index in [1.165, 1.54) is 0 Å². The standard InChI is InChI=1S/C4H8O2S/c1-3(7)4(6)2-5/h4-6H,2H2,1H3/t4-/m1/s1. The first-order valence-electron chi connectivity index (χ1n) is 1.98. The molecule has 0 aromatic carbocycles. The summed E-state index contributed by atoms with van der Waals surface area (Å²) >= 11 is 4.51. The van der Waals surface area contributed by atoms with Gasteiger partial charge in [0.25, 0.3) is 0 Å². The molecule has 0 aliphatic rings. The smallest absolute Gasteiger partial charge is 0.108 e. The van der Waals surface area contributed by atoms with Gasteiger partial charge in [0.15, 0.2) is 0 Å². The quantitative estimate of drug-likeness (QED) is 0.493. The highest BCUT2D eigenvalue weighted by atomic mass is 32.1. The topological polar surface area (TPSA) is 40.5 Å². The number of aliphatic hydroxyl groups is 2. The maximum atomic E-state index is 8.54. The molecule has 3 heteroatoms. The molecule has 0 aliphatic carbocycles. The second-order valence-corrected chi connectivity index (χ2v) is 1.95. The van der Waals surface area contributed by atoms with Crippen LogP contribution >= 0.6 is 12.2 Å². The third-order valence-electron chi connectivity index (χ3n) is 0.642. The Morgan fingerprint density at radius 3 is 2.29 bits per heavy atom. The summed E-state index contributed by atoms with van der Waals surface area (Å²) in [6, 6.07) is 0. The van der Waals surface area contributed by atoms with Gasteiger partial charge in [-0.3, -0.25) is 0 Å². The predicted molar refractivity (Wildman–Crippen MR) is 31.4 cm³/mol. The summed E-state index contributed by atoms with van der Waals surface area (Å²) in [4.78, 5) is 0.433. The molecule has 2 N–H and O–H groups in total. The zero-order valence-electron chi connectivity index (χ0n) is 4.09. The molecule has 0 rings (SSSR count). The van der Waals surface area contributed by atoms with E-state index in [0.717, 1.165) is 0 Å². The average molecular weight is 120 g/mol. The van der Waals surface area contributed by atoms with E-state index in [9.17, 15) is 0 Å². The second-order valence-electron chi connectivity index (χ2n) is 1.31. The molecule has 1 atom stereocenters. The molecule has 0 radical (unpaired) electrons. The summed E-state index contributed by atoms with van der Waals surface area (Å²) in [7, 11) is 0. The Morgan fingerprint density at radius 2 is 2.29 bits per heavy atom. The minimum atomic E-state index is -0.810. The number of rotatable bonds is 2. The lowest BCUT2D eigenvalue weighted by molar-refractivity contribution is 0.146. The van der Waals surface area contributed by atoms with Crippen molar-refractivity contribution in [3.63, 3.8) is 0 Å². The van der Waals surface area contributed by atoms with Crippen molar-refractivity contribution in [2.45, 2.75) is 13.0 Å². The van der Waals surface area contributed by atoms with Crippen LogP contribution in [0.4, 0.5) is 0 Å². The van der Waals surface area contributed by atoms with Gasteiger partial charge < -0.3 is 10.2 Å². The van der Waals surface area contributed by atoms with Crippen LogP contribution < -0.4 is 0 Å². The highest BCUT2D eigenvalue weighted by molar-refractivity contribution is 7.80. The first kappa shape index (κ1) is 7.01. The van der Waals surface area contributed by atoms with Crippen LogP contribution in [0.3, 0.4) is 0 Å². The molecule has 2 nitrogen and oxygen atoms in total. The van der Waals surface area contributed by atoms with Crippen molar-refractivity contribution in [2.75, 3.05) is 6.61 Å². The molecule has 0 saturated heterocycles. The lowest BCUT2D eigenvalue weighted by atomic mass is 10.3. The molecule has 0 aromatic heterocycles. The molecule has 0 heterocycles. The van der Waals surface area contributed by atoms with Crippen LogP contribution in [0.1, 0.15) is 6.92 Å². The monoisotopic (exact) mass is 120 g/mol. The van der Waals surface area contributed by atoms with Crippen molar-refractivity contribution in [1.82, 2.24) is 0 Å². The highest BCUT2D eigenvalue weighted by Gasteiger charge is 2.00. The molecule has 0 amide bonds. The van der Waals surface area contributed by atoms with Crippen molar-refractivity contribution < 1.29 is 10.2 Å². The molecule has 7 heavy (non-hydrogen) atoms. The zero-order valence-corrected chi connectivity index (χ0v) is 4.90. The van der Waals surface area contributed by atoms with Gasteiger partial charge in [0.1, 0.15) is 6.10 Å². The van der Waals surface area contributed by atoms with Crippen LogP contribution in [0.5, 0.6) is 0 Å². The van der Waals surface area contributed by atoms with E-state index in [-0.39, 0.29) is 6.61 Å². The fraction of sp³-hybridized carbons (Fsp3) is 0.750. The van der Waals surface area contributed by atoms with Crippen LogP contribution in [0.25, 0.3) is 0 Å². The van der Waals surface area contributed by atoms with Crippen molar-refractivity contribution in [1.29, 1.82) is 0 Å². The Balaban J connectivity index is 3.34. The van der Waals surface area contributed by atoms with E-state index < -0.39 is 6.10 Å². The molecule has 0 unspecified atom stereocenters. The van der Waals surface area contributed by atoms with Gasteiger partial charge in [0, 0.05) is 4.86 Å². The largest absolute Gasteiger partial charge is 0.393 e. The van der Waals surface area contributed by atoms with E-state index in [0.29, 0.717) is 4.86 Å². The third-order valence-corrected chi connectivity index (χ3v) is 0.914. The van der Waals surface area contributed by atoms with E-state index in [2.05, 4.69) is 12.2 Å². The first-order chi connectivity index (χ1) is 3.18. The van der Waals surface area contributed by atoms with E-state index in [1.54, 1.807) is 6.92 Å². The molecule has 0 fully saturated rings. The summed E-state index contributed by atoms with van der Waals surface area (Å²) in [5.41, 5.74) is 0. The normalized spacial score (nSPS) is 13.6. The van der Waals surface area contributed by atoms with Crippen LogP contribution in [0.15, 0.2) is 0 Å². The Labute approximate surface area is 47.8 Å². The molecule has 42 valence electrons. The fourth-order valence-corrected chi connectivity index (χ4v) is 0.203. The van der Waals surface area contributed by atoms with E-state index in [4.69, 9.17) is 10.2 Å². The van der Waals surface area contributed by atoms with Crippen LogP contribution in [-0.4, -0.2) is 27.8 Å². The lowest BCUT2D eigenvalue weighted by Gasteiger charge is -2.00. The summed E-state index contributed by atoms with van der Waals surface area (Å²) in [5, 5.41) is 16.7. The maximum Gasteiger partial charge on any atom is 0.108 e. The summed E-state index contributed by atoms with van der Waals surface area (Å²) in [6.45, 7) is 1.32. The minimum absolute atomic E-state index is 0.269. The summed E-state index contributed by atoms with van der Waals surface area (Å²) in [5.74, 6) is 0. The van der Waals surface area contributed by atoms with Gasteiger partial charge in [-0.05, 0) is 6.92 Å². The molecule has 0 aromatic rings. The van der Waals surface area contributed by atoms with Crippen LogP contribution in [0, 0.1) is 0 Å². The van der Waals surface area contributed by atoms with Crippen molar-refractivity contribution in [3.8, 4) is 0 Å². The molecular formula is C4H8O2S. The van der Waals surface area contributed by atoms with Crippen molar-refractivity contribution in [3.05, 3.63) is 0 Å². The van der Waals surface area contributed by atoms with Crippen LogP contribution in [-0.2, 0) is 0 Å². The van der Waals surface area contributed by atoms with Gasteiger partial charge in [-0.25, -0.2) is 0 Å². The Bertz CT molecular complexity index is 72.1. The average Bonchev–Trinajstić information content (AvgIpc) is 1.65. The lowest BCUT2D eigenvalue weighted by Crippen LogP contribution is -2.19.